The normalized spacial score (nSPS) is 16.2. The van der Waals surface area contributed by atoms with E-state index in [0.29, 0.717) is 23.8 Å². The van der Waals surface area contributed by atoms with Crippen LogP contribution >= 0.6 is 23.3 Å². The second kappa shape index (κ2) is 8.28. The Morgan fingerprint density at radius 1 is 1.24 bits per heavy atom. The topological polar surface area (TPSA) is 34.1 Å². The van der Waals surface area contributed by atoms with Crippen LogP contribution < -0.4 is 9.46 Å². The van der Waals surface area contributed by atoms with Gasteiger partial charge in [0.05, 0.1) is 34.9 Å². The molecule has 29 heavy (non-hydrogen) atoms. The molecule has 3 nitrogen and oxygen atoms in total. The molecule has 1 aromatic heterocycles. The molecule has 0 aliphatic carbocycles. The summed E-state index contributed by atoms with van der Waals surface area (Å²) in [4.78, 5) is 4.53. The zero-order chi connectivity index (χ0) is 20.4. The van der Waals surface area contributed by atoms with Crippen molar-refractivity contribution in [2.75, 3.05) is 11.3 Å². The highest BCUT2D eigenvalue weighted by atomic mass is 32.2. The van der Waals surface area contributed by atoms with Crippen LogP contribution in [0.2, 0.25) is 0 Å². The van der Waals surface area contributed by atoms with Gasteiger partial charge in [-0.1, -0.05) is 30.3 Å². The number of alkyl halides is 3. The molecule has 0 amide bonds. The number of halogens is 3. The van der Waals surface area contributed by atoms with Gasteiger partial charge in [0.25, 0.3) is 0 Å². The van der Waals surface area contributed by atoms with Crippen molar-refractivity contribution in [3.8, 4) is 16.9 Å². The Labute approximate surface area is 175 Å². The van der Waals surface area contributed by atoms with Crippen LogP contribution in [0.15, 0.2) is 47.8 Å². The summed E-state index contributed by atoms with van der Waals surface area (Å²) in [6, 6.07) is 12.8. The highest BCUT2D eigenvalue weighted by molar-refractivity contribution is 8.01. The van der Waals surface area contributed by atoms with E-state index in [4.69, 9.17) is 4.74 Å². The Hall–Kier alpha value is -2.19. The predicted molar refractivity (Wildman–Crippen MR) is 112 cm³/mol. The zero-order valence-corrected chi connectivity index (χ0v) is 17.3. The maximum Gasteiger partial charge on any atom is 0.461 e. The third kappa shape index (κ3) is 5.05. The first-order valence-electron chi connectivity index (χ1n) is 9.14. The van der Waals surface area contributed by atoms with Crippen molar-refractivity contribution in [1.29, 1.82) is 0 Å². The lowest BCUT2D eigenvalue weighted by molar-refractivity contribution is -0.0323. The van der Waals surface area contributed by atoms with Crippen LogP contribution in [-0.4, -0.2) is 17.1 Å². The van der Waals surface area contributed by atoms with Crippen LogP contribution in [0.25, 0.3) is 11.1 Å². The summed E-state index contributed by atoms with van der Waals surface area (Å²) < 4.78 is 46.1. The van der Waals surface area contributed by atoms with Gasteiger partial charge in [0.1, 0.15) is 5.75 Å². The molecule has 1 aliphatic heterocycles. The van der Waals surface area contributed by atoms with Gasteiger partial charge in [0.15, 0.2) is 0 Å². The molecule has 0 spiro atoms. The van der Waals surface area contributed by atoms with Crippen LogP contribution in [0.5, 0.6) is 5.75 Å². The van der Waals surface area contributed by atoms with Crippen molar-refractivity contribution in [3.63, 3.8) is 0 Å². The third-order valence-electron chi connectivity index (χ3n) is 4.73. The van der Waals surface area contributed by atoms with E-state index in [1.807, 2.05) is 31.2 Å². The van der Waals surface area contributed by atoms with E-state index in [1.165, 1.54) is 0 Å². The largest absolute Gasteiger partial charge is 0.493 e. The molecule has 0 saturated carbocycles. The average molecular weight is 437 g/mol. The number of thiazole rings is 1. The molecular formula is C21H19F3N2OS2. The van der Waals surface area contributed by atoms with Gasteiger partial charge in [-0.3, -0.25) is 0 Å². The molecule has 1 N–H and O–H groups in total. The number of benzene rings is 2. The Balaban J connectivity index is 1.51. The van der Waals surface area contributed by atoms with Gasteiger partial charge in [0.2, 0.25) is 0 Å². The van der Waals surface area contributed by atoms with E-state index >= 15 is 0 Å². The number of anilines is 1. The standard InChI is InChI=1S/C21H19F3N2OS2/c1-13-25-17(12-28-13)9-14-8-16-7-6-15(10-20(16)27-11-14)18-4-2-3-5-19(18)26-29-21(22,23)24/h2-7,10,12,14,26H,8-9,11H2,1H3/t14-/m0/s1. The van der Waals surface area contributed by atoms with Crippen LogP contribution in [0, 0.1) is 12.8 Å². The maximum absolute atomic E-state index is 12.6. The van der Waals surface area contributed by atoms with Crippen molar-refractivity contribution < 1.29 is 17.9 Å². The molecule has 3 aromatic rings. The Kier molecular flexibility index (Phi) is 5.74. The lowest BCUT2D eigenvalue weighted by Crippen LogP contribution is -2.23. The van der Waals surface area contributed by atoms with Crippen LogP contribution in [0.1, 0.15) is 16.3 Å². The van der Waals surface area contributed by atoms with Crippen LogP contribution in [0.4, 0.5) is 18.9 Å². The van der Waals surface area contributed by atoms with E-state index < -0.39 is 5.51 Å². The first-order chi connectivity index (χ1) is 13.9. The van der Waals surface area contributed by atoms with E-state index in [-0.39, 0.29) is 11.9 Å². The van der Waals surface area contributed by atoms with Crippen LogP contribution in [0.3, 0.4) is 0 Å². The summed E-state index contributed by atoms with van der Waals surface area (Å²) in [5, 5.41) is 3.16. The van der Waals surface area contributed by atoms with Gasteiger partial charge < -0.3 is 9.46 Å². The number of nitrogens with one attached hydrogen (secondary N) is 1. The van der Waals surface area contributed by atoms with E-state index in [1.54, 1.807) is 29.5 Å². The molecule has 0 unspecified atom stereocenters. The zero-order valence-electron chi connectivity index (χ0n) is 15.6. The van der Waals surface area contributed by atoms with E-state index in [2.05, 4.69) is 15.1 Å². The average Bonchev–Trinajstić information content (AvgIpc) is 3.10. The van der Waals surface area contributed by atoms with Gasteiger partial charge in [0, 0.05) is 16.9 Å². The van der Waals surface area contributed by atoms with Gasteiger partial charge in [-0.2, -0.15) is 13.2 Å². The SMILES string of the molecule is Cc1nc(C[C@H]2COc3cc(-c4ccccc4NSC(F)(F)F)ccc3C2)cs1. The molecule has 0 saturated heterocycles. The molecule has 0 fully saturated rings. The second-order valence-electron chi connectivity index (χ2n) is 6.96. The summed E-state index contributed by atoms with van der Waals surface area (Å²) in [5.41, 5.74) is -0.187. The van der Waals surface area contributed by atoms with Crippen molar-refractivity contribution in [2.45, 2.75) is 25.3 Å². The smallest absolute Gasteiger partial charge is 0.461 e. The minimum atomic E-state index is -4.35. The molecule has 8 heteroatoms. The summed E-state index contributed by atoms with van der Waals surface area (Å²) in [6.07, 6.45) is 1.78. The Morgan fingerprint density at radius 2 is 2.07 bits per heavy atom. The minimum absolute atomic E-state index is 0.259. The number of nitrogens with zero attached hydrogens (tertiary/aromatic N) is 1. The number of aryl methyl sites for hydroxylation is 1. The molecule has 1 aliphatic rings. The lowest BCUT2D eigenvalue weighted by Gasteiger charge is -2.25. The first-order valence-corrected chi connectivity index (χ1v) is 10.8. The van der Waals surface area contributed by atoms with Crippen LogP contribution in [-0.2, 0) is 12.8 Å². The van der Waals surface area contributed by atoms with Crippen molar-refractivity contribution >= 4 is 29.0 Å². The summed E-state index contributed by atoms with van der Waals surface area (Å²) in [7, 11) is 0. The molecule has 2 heterocycles. The first kappa shape index (κ1) is 20.1. The number of rotatable bonds is 5. The number of hydrogen-bond donors (Lipinski definition) is 1. The number of aromatic nitrogens is 1. The molecule has 4 rings (SSSR count). The van der Waals surface area contributed by atoms with Gasteiger partial charge >= 0.3 is 5.51 Å². The summed E-state index contributed by atoms with van der Waals surface area (Å²) in [6.45, 7) is 2.61. The third-order valence-corrected chi connectivity index (χ3v) is 6.11. The quantitative estimate of drug-likeness (QED) is 0.464. The number of para-hydroxylation sites is 1. The van der Waals surface area contributed by atoms with Gasteiger partial charge in [-0.25, -0.2) is 4.98 Å². The fraction of sp³-hybridized carbons (Fsp3) is 0.286. The molecule has 152 valence electrons. The fourth-order valence-electron chi connectivity index (χ4n) is 3.47. The Bertz CT molecular complexity index is 1000. The predicted octanol–water partition coefficient (Wildman–Crippen LogP) is 6.49. The Morgan fingerprint density at radius 3 is 2.83 bits per heavy atom. The summed E-state index contributed by atoms with van der Waals surface area (Å²) >= 11 is 1.40. The van der Waals surface area contributed by atoms with E-state index in [0.717, 1.165) is 40.4 Å². The van der Waals surface area contributed by atoms with Crippen molar-refractivity contribution in [1.82, 2.24) is 4.98 Å². The molecule has 1 atom stereocenters. The number of hydrogen-bond acceptors (Lipinski definition) is 5. The van der Waals surface area contributed by atoms with Crippen molar-refractivity contribution in [2.24, 2.45) is 5.92 Å². The molecule has 2 aromatic carbocycles. The maximum atomic E-state index is 12.6. The van der Waals surface area contributed by atoms with Gasteiger partial charge in [-0.05, 0) is 43.0 Å². The lowest BCUT2D eigenvalue weighted by atomic mass is 9.91. The number of ether oxygens (including phenoxy) is 1. The van der Waals surface area contributed by atoms with Crippen molar-refractivity contribution in [3.05, 3.63) is 64.1 Å². The molecular weight excluding hydrogens is 417 g/mol. The molecule has 0 radical (unpaired) electrons. The highest BCUT2D eigenvalue weighted by Crippen LogP contribution is 2.38. The van der Waals surface area contributed by atoms with Gasteiger partial charge in [-0.15, -0.1) is 11.3 Å². The fourth-order valence-corrected chi connectivity index (χ4v) is 4.50. The summed E-state index contributed by atoms with van der Waals surface area (Å²) in [5.74, 6) is 1.17. The van der Waals surface area contributed by atoms with E-state index in [9.17, 15) is 13.2 Å². The minimum Gasteiger partial charge on any atom is -0.493 e. The highest BCUT2D eigenvalue weighted by Gasteiger charge is 2.29. The number of fused-ring (bicyclic) bond motifs is 1. The monoisotopic (exact) mass is 436 g/mol. The second-order valence-corrected chi connectivity index (χ2v) is 8.89. The molecule has 0 bridgehead atoms.